The Balaban J connectivity index is 2.10. The van der Waals surface area contributed by atoms with E-state index in [1.165, 1.54) is 10.3 Å². The van der Waals surface area contributed by atoms with Gasteiger partial charge in [-0.2, -0.15) is 0 Å². The quantitative estimate of drug-likeness (QED) is 0.743. The van der Waals surface area contributed by atoms with E-state index in [9.17, 15) is 5.11 Å². The molecule has 0 aliphatic rings. The number of thiazole rings is 1. The molecule has 2 aromatic carbocycles. The summed E-state index contributed by atoms with van der Waals surface area (Å²) >= 11 is 1.69. The minimum Gasteiger partial charge on any atom is -0.508 e. The summed E-state index contributed by atoms with van der Waals surface area (Å²) in [6.07, 6.45) is 1.04. The van der Waals surface area contributed by atoms with E-state index in [-0.39, 0.29) is 5.75 Å². The molecule has 0 aliphatic heterocycles. The summed E-state index contributed by atoms with van der Waals surface area (Å²) in [5.41, 5.74) is 3.43. The van der Waals surface area contributed by atoms with Crippen molar-refractivity contribution in [3.63, 3.8) is 0 Å². The summed E-state index contributed by atoms with van der Waals surface area (Å²) in [7, 11) is 0. The number of aromatic hydroxyl groups is 1. The molecule has 3 heteroatoms. The van der Waals surface area contributed by atoms with Gasteiger partial charge in [-0.05, 0) is 48.4 Å². The smallest absolute Gasteiger partial charge is 0.124 e. The molecule has 2 nitrogen and oxygen atoms in total. The molecular formula is C15H13NOS. The Morgan fingerprint density at radius 2 is 1.89 bits per heavy atom. The fourth-order valence-corrected chi connectivity index (χ4v) is 2.95. The van der Waals surface area contributed by atoms with Gasteiger partial charge in [0.15, 0.2) is 0 Å². The number of fused-ring (bicyclic) bond motifs is 1. The molecule has 0 saturated carbocycles. The van der Waals surface area contributed by atoms with E-state index in [2.05, 4.69) is 30.1 Å². The van der Waals surface area contributed by atoms with Gasteiger partial charge in [-0.15, -0.1) is 11.3 Å². The van der Waals surface area contributed by atoms with Crippen molar-refractivity contribution in [1.29, 1.82) is 0 Å². The predicted molar refractivity (Wildman–Crippen MR) is 76.1 cm³/mol. The Morgan fingerprint density at radius 1 is 1.11 bits per heavy atom. The molecule has 0 aliphatic carbocycles. The van der Waals surface area contributed by atoms with Gasteiger partial charge < -0.3 is 5.11 Å². The van der Waals surface area contributed by atoms with Gasteiger partial charge in [0.05, 0.1) is 10.2 Å². The van der Waals surface area contributed by atoms with Crippen molar-refractivity contribution in [2.75, 3.05) is 0 Å². The van der Waals surface area contributed by atoms with E-state index >= 15 is 0 Å². The Bertz CT molecular complexity index is 685. The molecule has 0 unspecified atom stereocenters. The van der Waals surface area contributed by atoms with Crippen LogP contribution in [0.15, 0.2) is 42.5 Å². The Labute approximate surface area is 110 Å². The zero-order valence-electron chi connectivity index (χ0n) is 10.1. The van der Waals surface area contributed by atoms with E-state index in [0.29, 0.717) is 0 Å². The molecule has 1 heterocycles. The number of hydrogen-bond acceptors (Lipinski definition) is 3. The van der Waals surface area contributed by atoms with E-state index in [1.54, 1.807) is 23.5 Å². The first-order valence-corrected chi connectivity index (χ1v) is 6.77. The Hall–Kier alpha value is -1.87. The normalized spacial score (nSPS) is 10.9. The topological polar surface area (TPSA) is 33.1 Å². The van der Waals surface area contributed by atoms with Crippen LogP contribution < -0.4 is 0 Å². The third-order valence-corrected chi connectivity index (χ3v) is 4.04. The van der Waals surface area contributed by atoms with Crippen LogP contribution in [-0.2, 0) is 6.42 Å². The van der Waals surface area contributed by atoms with Crippen molar-refractivity contribution >= 4 is 21.6 Å². The SMILES string of the molecule is CCc1ccc2nc(-c3ccc(O)cc3)sc2c1. The summed E-state index contributed by atoms with van der Waals surface area (Å²) in [5, 5.41) is 10.3. The number of phenols is 1. The average molecular weight is 255 g/mol. The minimum absolute atomic E-state index is 0.285. The lowest BCUT2D eigenvalue weighted by Gasteiger charge is -1.95. The molecule has 1 aromatic heterocycles. The lowest BCUT2D eigenvalue weighted by atomic mass is 10.2. The van der Waals surface area contributed by atoms with Crippen LogP contribution in [-0.4, -0.2) is 10.1 Å². The highest BCUT2D eigenvalue weighted by atomic mass is 32.1. The van der Waals surface area contributed by atoms with Crippen molar-refractivity contribution in [2.24, 2.45) is 0 Å². The fourth-order valence-electron chi connectivity index (χ4n) is 1.92. The third-order valence-electron chi connectivity index (χ3n) is 2.98. The summed E-state index contributed by atoms with van der Waals surface area (Å²) < 4.78 is 1.22. The van der Waals surface area contributed by atoms with Gasteiger partial charge >= 0.3 is 0 Å². The number of phenolic OH excluding ortho intramolecular Hbond substituents is 1. The summed E-state index contributed by atoms with van der Waals surface area (Å²) in [6, 6.07) is 13.6. The summed E-state index contributed by atoms with van der Waals surface area (Å²) in [6.45, 7) is 2.16. The van der Waals surface area contributed by atoms with E-state index in [0.717, 1.165) is 22.5 Å². The second-order valence-corrected chi connectivity index (χ2v) is 5.25. The molecule has 0 bridgehead atoms. The van der Waals surface area contributed by atoms with E-state index in [4.69, 9.17) is 0 Å². The lowest BCUT2D eigenvalue weighted by molar-refractivity contribution is 0.475. The summed E-state index contributed by atoms with van der Waals surface area (Å²) in [5.74, 6) is 0.285. The van der Waals surface area contributed by atoms with Crippen LogP contribution in [0.25, 0.3) is 20.8 Å². The highest BCUT2D eigenvalue weighted by molar-refractivity contribution is 7.21. The monoisotopic (exact) mass is 255 g/mol. The first kappa shape index (κ1) is 11.2. The molecule has 0 atom stereocenters. The van der Waals surface area contributed by atoms with Crippen LogP contribution in [0.5, 0.6) is 5.75 Å². The predicted octanol–water partition coefficient (Wildman–Crippen LogP) is 4.23. The van der Waals surface area contributed by atoms with Crippen LogP contribution in [0, 0.1) is 0 Å². The van der Waals surface area contributed by atoms with Gasteiger partial charge in [0, 0.05) is 5.56 Å². The highest BCUT2D eigenvalue weighted by Crippen LogP contribution is 2.31. The van der Waals surface area contributed by atoms with Crippen LogP contribution in [0.1, 0.15) is 12.5 Å². The second-order valence-electron chi connectivity index (χ2n) is 4.22. The molecule has 90 valence electrons. The molecule has 0 fully saturated rings. The molecule has 18 heavy (non-hydrogen) atoms. The maximum Gasteiger partial charge on any atom is 0.124 e. The molecule has 3 aromatic rings. The first-order valence-electron chi connectivity index (χ1n) is 5.95. The first-order chi connectivity index (χ1) is 8.76. The van der Waals surface area contributed by atoms with Crippen LogP contribution in [0.2, 0.25) is 0 Å². The van der Waals surface area contributed by atoms with Crippen molar-refractivity contribution in [3.8, 4) is 16.3 Å². The van der Waals surface area contributed by atoms with Gasteiger partial charge in [0.2, 0.25) is 0 Å². The van der Waals surface area contributed by atoms with Crippen molar-refractivity contribution < 1.29 is 5.11 Å². The Morgan fingerprint density at radius 3 is 2.61 bits per heavy atom. The number of aryl methyl sites for hydroxylation is 1. The van der Waals surface area contributed by atoms with Crippen LogP contribution in [0.4, 0.5) is 0 Å². The number of benzene rings is 2. The largest absolute Gasteiger partial charge is 0.508 e. The van der Waals surface area contributed by atoms with Crippen molar-refractivity contribution in [3.05, 3.63) is 48.0 Å². The molecule has 3 rings (SSSR count). The third kappa shape index (κ3) is 1.97. The molecular weight excluding hydrogens is 242 g/mol. The fraction of sp³-hybridized carbons (Fsp3) is 0.133. The van der Waals surface area contributed by atoms with Gasteiger partial charge in [0.25, 0.3) is 0 Å². The van der Waals surface area contributed by atoms with Gasteiger partial charge in [-0.1, -0.05) is 13.0 Å². The molecule has 0 spiro atoms. The summed E-state index contributed by atoms with van der Waals surface area (Å²) in [4.78, 5) is 4.62. The standard InChI is InChI=1S/C15H13NOS/c1-2-10-3-8-13-14(9-10)18-15(16-13)11-4-6-12(17)7-5-11/h3-9,17H,2H2,1H3. The molecule has 0 saturated heterocycles. The van der Waals surface area contributed by atoms with E-state index in [1.807, 2.05) is 12.1 Å². The van der Waals surface area contributed by atoms with Crippen molar-refractivity contribution in [1.82, 2.24) is 4.98 Å². The van der Waals surface area contributed by atoms with Gasteiger partial charge in [0.1, 0.15) is 10.8 Å². The number of nitrogens with zero attached hydrogens (tertiary/aromatic N) is 1. The number of hydrogen-bond donors (Lipinski definition) is 1. The van der Waals surface area contributed by atoms with Crippen LogP contribution >= 0.6 is 11.3 Å². The molecule has 1 N–H and O–H groups in total. The number of rotatable bonds is 2. The number of aromatic nitrogens is 1. The molecule has 0 radical (unpaired) electrons. The van der Waals surface area contributed by atoms with Crippen molar-refractivity contribution in [2.45, 2.75) is 13.3 Å². The maximum absolute atomic E-state index is 9.29. The minimum atomic E-state index is 0.285. The second kappa shape index (κ2) is 4.42. The lowest BCUT2D eigenvalue weighted by Crippen LogP contribution is -1.77. The van der Waals surface area contributed by atoms with E-state index < -0.39 is 0 Å². The zero-order valence-corrected chi connectivity index (χ0v) is 10.9. The Kier molecular flexibility index (Phi) is 2.76. The van der Waals surface area contributed by atoms with Crippen LogP contribution in [0.3, 0.4) is 0 Å². The zero-order chi connectivity index (χ0) is 12.5. The van der Waals surface area contributed by atoms with Gasteiger partial charge in [-0.3, -0.25) is 0 Å². The van der Waals surface area contributed by atoms with Gasteiger partial charge in [-0.25, -0.2) is 4.98 Å². The molecule has 0 amide bonds. The highest BCUT2D eigenvalue weighted by Gasteiger charge is 2.06. The maximum atomic E-state index is 9.29. The average Bonchev–Trinajstić information content (AvgIpc) is 2.82.